The number of fused-ring (bicyclic) bond motifs is 1. The molecule has 1 atom stereocenters. The van der Waals surface area contributed by atoms with Crippen molar-refractivity contribution in [1.82, 2.24) is 4.98 Å². The van der Waals surface area contributed by atoms with Gasteiger partial charge in [0.1, 0.15) is 6.10 Å². The minimum absolute atomic E-state index is 0.633. The Labute approximate surface area is 119 Å². The summed E-state index contributed by atoms with van der Waals surface area (Å²) in [6.45, 7) is 2.20. The van der Waals surface area contributed by atoms with Gasteiger partial charge >= 0.3 is 0 Å². The number of hydrogen-bond acceptors (Lipinski definition) is 3. The highest BCUT2D eigenvalue weighted by molar-refractivity contribution is 5.82. The van der Waals surface area contributed by atoms with Gasteiger partial charge < -0.3 is 10.2 Å². The Hall–Kier alpha value is -1.45. The molecule has 0 aliphatic heterocycles. The number of nitrogens with zero attached hydrogens (tertiary/aromatic N) is 1. The predicted octanol–water partition coefficient (Wildman–Crippen LogP) is 3.21. The van der Waals surface area contributed by atoms with Crippen LogP contribution in [0.1, 0.15) is 44.3 Å². The van der Waals surface area contributed by atoms with Gasteiger partial charge in [-0.1, -0.05) is 31.2 Å². The molecule has 2 aromatic rings. The summed E-state index contributed by atoms with van der Waals surface area (Å²) >= 11 is 0. The molecule has 1 aliphatic carbocycles. The van der Waals surface area contributed by atoms with Crippen LogP contribution in [0.5, 0.6) is 0 Å². The van der Waals surface area contributed by atoms with Crippen molar-refractivity contribution in [1.29, 1.82) is 0 Å². The molecule has 1 aliphatic rings. The van der Waals surface area contributed by atoms with Crippen LogP contribution in [0.4, 0.5) is 0 Å². The van der Waals surface area contributed by atoms with Gasteiger partial charge in [0.05, 0.1) is 11.1 Å². The Balaban J connectivity index is 1.98. The van der Waals surface area contributed by atoms with E-state index in [2.05, 4.69) is 11.9 Å². The standard InChI is InChI=1S/C17H21NO2/c1-12-7-9-17(20,10-8-12)16(19)14-6-2-4-13-5-3-11-18-15(13)14/h2-6,11-12,16,19-20H,7-10H2,1H3. The second kappa shape index (κ2) is 5.15. The average Bonchev–Trinajstić information content (AvgIpc) is 2.49. The van der Waals surface area contributed by atoms with Crippen LogP contribution in [0.3, 0.4) is 0 Å². The maximum absolute atomic E-state index is 10.8. The van der Waals surface area contributed by atoms with E-state index in [4.69, 9.17) is 0 Å². The van der Waals surface area contributed by atoms with Crippen LogP contribution in [-0.2, 0) is 0 Å². The minimum Gasteiger partial charge on any atom is -0.387 e. The van der Waals surface area contributed by atoms with E-state index in [9.17, 15) is 10.2 Å². The van der Waals surface area contributed by atoms with E-state index in [1.807, 2.05) is 30.3 Å². The van der Waals surface area contributed by atoms with E-state index < -0.39 is 11.7 Å². The van der Waals surface area contributed by atoms with Crippen molar-refractivity contribution in [3.63, 3.8) is 0 Å². The topological polar surface area (TPSA) is 53.4 Å². The van der Waals surface area contributed by atoms with Crippen molar-refractivity contribution in [3.8, 4) is 0 Å². The van der Waals surface area contributed by atoms with E-state index in [1.165, 1.54) is 0 Å². The van der Waals surface area contributed by atoms with Crippen LogP contribution in [0.2, 0.25) is 0 Å². The molecule has 0 amide bonds. The smallest absolute Gasteiger partial charge is 0.110 e. The average molecular weight is 271 g/mol. The summed E-state index contributed by atoms with van der Waals surface area (Å²) in [6.07, 6.45) is 4.09. The van der Waals surface area contributed by atoms with Crippen LogP contribution < -0.4 is 0 Å². The molecule has 3 heteroatoms. The number of aliphatic hydroxyl groups is 2. The van der Waals surface area contributed by atoms with Crippen molar-refractivity contribution in [2.45, 2.75) is 44.3 Å². The maximum atomic E-state index is 10.8. The first-order valence-electron chi connectivity index (χ1n) is 7.34. The van der Waals surface area contributed by atoms with E-state index in [1.54, 1.807) is 6.20 Å². The molecular weight excluding hydrogens is 250 g/mol. The van der Waals surface area contributed by atoms with E-state index in [0.29, 0.717) is 18.8 Å². The van der Waals surface area contributed by atoms with Crippen molar-refractivity contribution >= 4 is 10.9 Å². The fourth-order valence-corrected chi connectivity index (χ4v) is 3.17. The number of aromatic nitrogens is 1. The highest BCUT2D eigenvalue weighted by Crippen LogP contribution is 2.41. The molecule has 2 N–H and O–H groups in total. The number of aliphatic hydroxyl groups excluding tert-OH is 1. The molecule has 1 aromatic carbocycles. The molecule has 0 saturated heterocycles. The summed E-state index contributed by atoms with van der Waals surface area (Å²) in [5.41, 5.74) is 0.507. The first-order valence-corrected chi connectivity index (χ1v) is 7.34. The molecule has 0 spiro atoms. The zero-order chi connectivity index (χ0) is 14.2. The molecule has 1 unspecified atom stereocenters. The fourth-order valence-electron chi connectivity index (χ4n) is 3.17. The van der Waals surface area contributed by atoms with Gasteiger partial charge in [0.15, 0.2) is 0 Å². The largest absolute Gasteiger partial charge is 0.387 e. The van der Waals surface area contributed by atoms with E-state index in [0.717, 1.165) is 29.3 Å². The number of hydrogen-bond donors (Lipinski definition) is 2. The van der Waals surface area contributed by atoms with Gasteiger partial charge in [-0.2, -0.15) is 0 Å². The third-order valence-corrected chi connectivity index (χ3v) is 4.61. The molecule has 20 heavy (non-hydrogen) atoms. The van der Waals surface area contributed by atoms with Crippen molar-refractivity contribution < 1.29 is 10.2 Å². The lowest BCUT2D eigenvalue weighted by Gasteiger charge is -2.38. The highest BCUT2D eigenvalue weighted by atomic mass is 16.3. The Morgan fingerprint density at radius 1 is 1.20 bits per heavy atom. The minimum atomic E-state index is -1.02. The molecule has 106 valence electrons. The van der Waals surface area contributed by atoms with E-state index in [-0.39, 0.29) is 0 Å². The van der Waals surface area contributed by atoms with Crippen LogP contribution in [-0.4, -0.2) is 20.8 Å². The molecule has 3 rings (SSSR count). The molecule has 3 nitrogen and oxygen atoms in total. The first kappa shape index (κ1) is 13.5. The molecule has 1 heterocycles. The molecule has 0 radical (unpaired) electrons. The van der Waals surface area contributed by atoms with Crippen molar-refractivity contribution in [3.05, 3.63) is 42.1 Å². The fraction of sp³-hybridized carbons (Fsp3) is 0.471. The Kier molecular flexibility index (Phi) is 3.48. The summed E-state index contributed by atoms with van der Waals surface area (Å²) in [6, 6.07) is 9.62. The summed E-state index contributed by atoms with van der Waals surface area (Å²) in [5.74, 6) is 0.633. The molecule has 1 saturated carbocycles. The van der Waals surface area contributed by atoms with Gasteiger partial charge in [-0.15, -0.1) is 0 Å². The quantitative estimate of drug-likeness (QED) is 0.882. The first-order chi connectivity index (χ1) is 9.60. The Morgan fingerprint density at radius 2 is 1.90 bits per heavy atom. The van der Waals surface area contributed by atoms with Crippen molar-refractivity contribution in [2.24, 2.45) is 5.92 Å². The van der Waals surface area contributed by atoms with Crippen LogP contribution in [0.25, 0.3) is 10.9 Å². The zero-order valence-electron chi connectivity index (χ0n) is 11.8. The Bertz CT molecular complexity index is 597. The predicted molar refractivity (Wildman–Crippen MR) is 79.3 cm³/mol. The molecule has 0 bridgehead atoms. The molecular formula is C17H21NO2. The highest BCUT2D eigenvalue weighted by Gasteiger charge is 2.40. The second-order valence-corrected chi connectivity index (χ2v) is 6.11. The number of benzene rings is 1. The van der Waals surface area contributed by atoms with Crippen LogP contribution in [0, 0.1) is 5.92 Å². The van der Waals surface area contributed by atoms with Gasteiger partial charge in [-0.25, -0.2) is 0 Å². The lowest BCUT2D eigenvalue weighted by atomic mass is 9.74. The normalized spacial score (nSPS) is 28.4. The molecule has 1 aromatic heterocycles. The number of para-hydroxylation sites is 1. The van der Waals surface area contributed by atoms with Gasteiger partial charge in [0.2, 0.25) is 0 Å². The van der Waals surface area contributed by atoms with Gasteiger partial charge in [-0.05, 0) is 37.7 Å². The lowest BCUT2D eigenvalue weighted by molar-refractivity contribution is -0.105. The number of rotatable bonds is 2. The second-order valence-electron chi connectivity index (χ2n) is 6.11. The summed E-state index contributed by atoms with van der Waals surface area (Å²) in [4.78, 5) is 4.37. The van der Waals surface area contributed by atoms with Gasteiger partial charge in [-0.3, -0.25) is 4.98 Å². The number of pyridine rings is 1. The van der Waals surface area contributed by atoms with E-state index >= 15 is 0 Å². The van der Waals surface area contributed by atoms with Gasteiger partial charge in [0, 0.05) is 17.1 Å². The third-order valence-electron chi connectivity index (χ3n) is 4.61. The third kappa shape index (κ3) is 2.32. The van der Waals surface area contributed by atoms with Gasteiger partial charge in [0.25, 0.3) is 0 Å². The monoisotopic (exact) mass is 271 g/mol. The zero-order valence-corrected chi connectivity index (χ0v) is 11.8. The maximum Gasteiger partial charge on any atom is 0.110 e. The summed E-state index contributed by atoms with van der Waals surface area (Å²) in [7, 11) is 0. The van der Waals surface area contributed by atoms with Crippen LogP contribution >= 0.6 is 0 Å². The SMILES string of the molecule is CC1CCC(O)(C(O)c2cccc3cccnc23)CC1. The Morgan fingerprint density at radius 3 is 2.65 bits per heavy atom. The van der Waals surface area contributed by atoms with Crippen molar-refractivity contribution in [2.75, 3.05) is 0 Å². The van der Waals surface area contributed by atoms with Crippen LogP contribution in [0.15, 0.2) is 36.5 Å². The lowest BCUT2D eigenvalue weighted by Crippen LogP contribution is -2.40. The summed E-state index contributed by atoms with van der Waals surface area (Å²) < 4.78 is 0. The summed E-state index contributed by atoms with van der Waals surface area (Å²) in [5, 5.41) is 22.5. The molecule has 1 fully saturated rings.